The molecule has 1 unspecified atom stereocenters. The highest BCUT2D eigenvalue weighted by Crippen LogP contribution is 2.26. The number of aromatic nitrogens is 1. The summed E-state index contributed by atoms with van der Waals surface area (Å²) in [7, 11) is 0. The average Bonchev–Trinajstić information content (AvgIpc) is 3.55. The first-order valence-corrected chi connectivity index (χ1v) is 11.5. The van der Waals surface area contributed by atoms with E-state index in [1.54, 1.807) is 12.1 Å². The third-order valence-electron chi connectivity index (χ3n) is 6.59. The highest BCUT2D eigenvalue weighted by molar-refractivity contribution is 6.22. The molecule has 7 nitrogen and oxygen atoms in total. The molecule has 0 saturated carbocycles. The fraction of sp³-hybridized carbons (Fsp3) is 0.346. The quantitative estimate of drug-likeness (QED) is 0.545. The molecule has 33 heavy (non-hydrogen) atoms. The summed E-state index contributed by atoms with van der Waals surface area (Å²) in [5.74, 6) is -0.932. The van der Waals surface area contributed by atoms with Gasteiger partial charge >= 0.3 is 0 Å². The molecule has 5 rings (SSSR count). The van der Waals surface area contributed by atoms with E-state index < -0.39 is 0 Å². The van der Waals surface area contributed by atoms with Crippen molar-refractivity contribution in [2.75, 3.05) is 19.7 Å². The molecule has 3 aromatic rings. The van der Waals surface area contributed by atoms with E-state index in [1.807, 2.05) is 6.20 Å². The van der Waals surface area contributed by atoms with E-state index in [2.05, 4.69) is 35.4 Å². The van der Waals surface area contributed by atoms with E-state index in [-0.39, 0.29) is 35.9 Å². The number of nitrogens with one attached hydrogen (secondary N) is 2. The molecule has 3 amide bonds. The minimum Gasteiger partial charge on any atom is -0.376 e. The van der Waals surface area contributed by atoms with Crippen molar-refractivity contribution in [1.82, 2.24) is 15.2 Å². The van der Waals surface area contributed by atoms with Gasteiger partial charge in [-0.1, -0.05) is 25.1 Å². The number of para-hydroxylation sites is 1. The summed E-state index contributed by atoms with van der Waals surface area (Å²) in [5.41, 5.74) is 4.58. The van der Waals surface area contributed by atoms with Gasteiger partial charge in [0, 0.05) is 35.8 Å². The van der Waals surface area contributed by atoms with E-state index in [4.69, 9.17) is 4.74 Å². The van der Waals surface area contributed by atoms with Crippen molar-refractivity contribution in [3.8, 4) is 0 Å². The summed E-state index contributed by atoms with van der Waals surface area (Å²) in [4.78, 5) is 42.8. The highest BCUT2D eigenvalue weighted by Gasteiger charge is 2.37. The minimum absolute atomic E-state index is 0.104. The van der Waals surface area contributed by atoms with Crippen molar-refractivity contribution < 1.29 is 19.1 Å². The van der Waals surface area contributed by atoms with Gasteiger partial charge in [0.05, 0.1) is 23.8 Å². The van der Waals surface area contributed by atoms with Crippen LogP contribution in [-0.2, 0) is 17.6 Å². The normalized spacial score (nSPS) is 17.7. The zero-order valence-electron chi connectivity index (χ0n) is 18.6. The Labute approximate surface area is 192 Å². The molecule has 1 saturated heterocycles. The molecule has 0 spiro atoms. The zero-order chi connectivity index (χ0) is 22.9. The van der Waals surface area contributed by atoms with Crippen LogP contribution in [0.5, 0.6) is 0 Å². The van der Waals surface area contributed by atoms with Gasteiger partial charge in [-0.3, -0.25) is 19.3 Å². The van der Waals surface area contributed by atoms with E-state index in [1.165, 1.54) is 21.9 Å². The summed E-state index contributed by atoms with van der Waals surface area (Å²) in [5, 5.41) is 4.11. The summed E-state index contributed by atoms with van der Waals surface area (Å²) >= 11 is 0. The van der Waals surface area contributed by atoms with E-state index in [0.29, 0.717) is 30.7 Å². The number of hydrogen-bond acceptors (Lipinski definition) is 4. The van der Waals surface area contributed by atoms with Crippen LogP contribution in [0.2, 0.25) is 0 Å². The van der Waals surface area contributed by atoms with Gasteiger partial charge in [-0.25, -0.2) is 0 Å². The maximum absolute atomic E-state index is 12.8. The Balaban J connectivity index is 1.24. The molecule has 0 aliphatic carbocycles. The lowest BCUT2D eigenvalue weighted by molar-refractivity contribution is 0.0475. The molecule has 3 heterocycles. The van der Waals surface area contributed by atoms with Gasteiger partial charge in [-0.15, -0.1) is 0 Å². The lowest BCUT2D eigenvalue weighted by Gasteiger charge is -2.17. The van der Waals surface area contributed by atoms with Crippen molar-refractivity contribution in [3.63, 3.8) is 0 Å². The minimum atomic E-state index is -0.356. The molecule has 2 aliphatic rings. The molecule has 1 aromatic heterocycles. The topological polar surface area (TPSA) is 91.5 Å². The number of imide groups is 1. The van der Waals surface area contributed by atoms with E-state index >= 15 is 0 Å². The third-order valence-corrected chi connectivity index (χ3v) is 6.59. The maximum Gasteiger partial charge on any atom is 0.261 e. The first-order valence-electron chi connectivity index (χ1n) is 11.5. The Morgan fingerprint density at radius 2 is 2.00 bits per heavy atom. The number of ether oxygens (including phenoxy) is 1. The maximum atomic E-state index is 12.8. The van der Waals surface area contributed by atoms with Gasteiger partial charge in [0.15, 0.2) is 0 Å². The molecule has 0 bridgehead atoms. The van der Waals surface area contributed by atoms with Crippen LogP contribution < -0.4 is 5.32 Å². The predicted molar refractivity (Wildman–Crippen MR) is 124 cm³/mol. The molecular weight excluding hydrogens is 418 g/mol. The molecule has 2 aliphatic heterocycles. The largest absolute Gasteiger partial charge is 0.376 e. The van der Waals surface area contributed by atoms with Crippen molar-refractivity contribution in [1.29, 1.82) is 0 Å². The van der Waals surface area contributed by atoms with E-state index in [9.17, 15) is 14.4 Å². The number of carbonyl (C=O) groups excluding carboxylic acids is 3. The van der Waals surface area contributed by atoms with E-state index in [0.717, 1.165) is 30.3 Å². The number of aromatic amines is 1. The highest BCUT2D eigenvalue weighted by atomic mass is 16.5. The van der Waals surface area contributed by atoms with Gasteiger partial charge in [0.25, 0.3) is 17.7 Å². The second-order valence-electron chi connectivity index (χ2n) is 8.63. The van der Waals surface area contributed by atoms with Crippen LogP contribution >= 0.6 is 0 Å². The molecule has 2 N–H and O–H groups in total. The fourth-order valence-electron chi connectivity index (χ4n) is 4.78. The fourth-order valence-corrected chi connectivity index (χ4v) is 4.78. The van der Waals surface area contributed by atoms with Gasteiger partial charge in [0.2, 0.25) is 0 Å². The smallest absolute Gasteiger partial charge is 0.261 e. The number of rotatable bonds is 7. The number of nitrogens with zero attached hydrogens (tertiary/aromatic N) is 1. The number of amides is 3. The Hall–Kier alpha value is -3.45. The Kier molecular flexibility index (Phi) is 5.72. The molecule has 2 aromatic carbocycles. The monoisotopic (exact) mass is 445 g/mol. The molecule has 1 atom stereocenters. The first-order chi connectivity index (χ1) is 16.1. The number of fused-ring (bicyclic) bond motifs is 2. The summed E-state index contributed by atoms with van der Waals surface area (Å²) in [6.45, 7) is 3.53. The second kappa shape index (κ2) is 8.83. The Morgan fingerprint density at radius 1 is 1.15 bits per heavy atom. The number of carbonyl (C=O) groups is 3. The molecule has 1 fully saturated rings. The molecular formula is C26H27N3O4. The molecule has 0 radical (unpaired) electrons. The van der Waals surface area contributed by atoms with Gasteiger partial charge in [-0.2, -0.15) is 0 Å². The van der Waals surface area contributed by atoms with Crippen LogP contribution in [0.4, 0.5) is 0 Å². The third kappa shape index (κ3) is 3.93. The van der Waals surface area contributed by atoms with Crippen LogP contribution in [0.25, 0.3) is 10.9 Å². The summed E-state index contributed by atoms with van der Waals surface area (Å²) in [6.07, 6.45) is 5.33. The average molecular weight is 446 g/mol. The van der Waals surface area contributed by atoms with Crippen LogP contribution in [0.1, 0.15) is 62.0 Å². The number of aryl methyl sites for hydroxylation is 1. The van der Waals surface area contributed by atoms with Crippen molar-refractivity contribution in [2.24, 2.45) is 0 Å². The molecule has 7 heteroatoms. The van der Waals surface area contributed by atoms with Crippen molar-refractivity contribution >= 4 is 28.6 Å². The van der Waals surface area contributed by atoms with Crippen LogP contribution in [0.15, 0.2) is 42.6 Å². The lowest BCUT2D eigenvalue weighted by atomic mass is 10.0. The first kappa shape index (κ1) is 21.4. The number of H-pyrrole nitrogens is 1. The van der Waals surface area contributed by atoms with Gasteiger partial charge < -0.3 is 15.0 Å². The summed E-state index contributed by atoms with van der Waals surface area (Å²) in [6, 6.07) is 11.0. The summed E-state index contributed by atoms with van der Waals surface area (Å²) < 4.78 is 5.57. The van der Waals surface area contributed by atoms with Crippen LogP contribution in [-0.4, -0.2) is 53.4 Å². The van der Waals surface area contributed by atoms with Crippen molar-refractivity contribution in [2.45, 2.75) is 38.7 Å². The van der Waals surface area contributed by atoms with Crippen LogP contribution in [0.3, 0.4) is 0 Å². The predicted octanol–water partition coefficient (Wildman–Crippen LogP) is 3.48. The SMILES string of the molecule is CCc1cccc2c(CCNC(=O)c3ccc4c(c3)C(=O)N(CC3CCCO3)C4=O)c[nH]c12. The van der Waals surface area contributed by atoms with Gasteiger partial charge in [0.1, 0.15) is 0 Å². The number of benzene rings is 2. The number of hydrogen-bond donors (Lipinski definition) is 2. The van der Waals surface area contributed by atoms with Gasteiger partial charge in [-0.05, 0) is 55.0 Å². The van der Waals surface area contributed by atoms with Crippen molar-refractivity contribution in [3.05, 3.63) is 70.4 Å². The van der Waals surface area contributed by atoms with Crippen LogP contribution in [0, 0.1) is 0 Å². The second-order valence-corrected chi connectivity index (χ2v) is 8.63. The Bertz CT molecular complexity index is 1240. The zero-order valence-corrected chi connectivity index (χ0v) is 18.6. The lowest BCUT2D eigenvalue weighted by Crippen LogP contribution is -2.36. The molecule has 170 valence electrons. The standard InChI is InChI=1S/C26H27N3O4/c1-2-16-5-3-7-20-18(14-28-23(16)20)10-11-27-24(30)17-8-9-21-22(13-17)26(32)29(25(21)31)15-19-6-4-12-33-19/h3,5,7-9,13-14,19,28H,2,4,6,10-12,15H2,1H3,(H,27,30). The Morgan fingerprint density at radius 3 is 2.79 bits per heavy atom.